The fourth-order valence-electron chi connectivity index (χ4n) is 1.45. The molecule has 0 aromatic carbocycles. The molecule has 7 heteroatoms. The summed E-state index contributed by atoms with van der Waals surface area (Å²) in [5.41, 5.74) is 0.943. The molecule has 0 radical (unpaired) electrons. The first-order valence-electron chi connectivity index (χ1n) is 5.85. The average molecular weight is 278 g/mol. The molecule has 2 aromatic rings. The maximum absolute atomic E-state index is 11.6. The molecule has 0 aliphatic carbocycles. The van der Waals surface area contributed by atoms with E-state index in [1.54, 1.807) is 18.2 Å². The van der Waals surface area contributed by atoms with E-state index in [0.717, 1.165) is 12.1 Å². The monoisotopic (exact) mass is 278 g/mol. The van der Waals surface area contributed by atoms with Gasteiger partial charge in [-0.05, 0) is 17.9 Å². The normalized spacial score (nSPS) is 10.2. The summed E-state index contributed by atoms with van der Waals surface area (Å²) >= 11 is 1.33. The van der Waals surface area contributed by atoms with Crippen LogP contribution in [0.15, 0.2) is 23.6 Å². The number of hydrogen-bond acceptors (Lipinski definition) is 4. The molecule has 0 saturated heterocycles. The molecule has 100 valence electrons. The standard InChI is InChI=1S/C12H14N4O2S/c1-2-8-6-10(16-15-8)14-11(17)7-13-12(18)9-4-3-5-19-9/h3-6H,2,7H2,1H3,(H,13,18)(H2,14,15,16,17). The van der Waals surface area contributed by atoms with Crippen LogP contribution in [0.5, 0.6) is 0 Å². The molecule has 0 saturated carbocycles. The third kappa shape index (κ3) is 3.65. The molecule has 0 aliphatic rings. The Bertz CT molecular complexity index is 562. The van der Waals surface area contributed by atoms with Crippen molar-refractivity contribution in [2.45, 2.75) is 13.3 Å². The number of rotatable bonds is 5. The van der Waals surface area contributed by atoms with Gasteiger partial charge in [-0.15, -0.1) is 11.3 Å². The molecule has 0 bridgehead atoms. The number of aromatic amines is 1. The van der Waals surface area contributed by atoms with Gasteiger partial charge in [0.1, 0.15) is 0 Å². The predicted octanol–water partition coefficient (Wildman–Crippen LogP) is 1.40. The lowest BCUT2D eigenvalue weighted by Crippen LogP contribution is -2.32. The highest BCUT2D eigenvalue weighted by Crippen LogP contribution is 2.08. The summed E-state index contributed by atoms with van der Waals surface area (Å²) in [7, 11) is 0. The zero-order valence-electron chi connectivity index (χ0n) is 10.4. The average Bonchev–Trinajstić information content (AvgIpc) is 3.06. The minimum atomic E-state index is -0.306. The van der Waals surface area contributed by atoms with E-state index < -0.39 is 0 Å². The molecule has 2 amide bonds. The number of aromatic nitrogens is 2. The number of carbonyl (C=O) groups excluding carboxylic acids is 2. The van der Waals surface area contributed by atoms with E-state index in [2.05, 4.69) is 20.8 Å². The third-order valence-corrected chi connectivity index (χ3v) is 3.30. The highest BCUT2D eigenvalue weighted by Gasteiger charge is 2.09. The van der Waals surface area contributed by atoms with Crippen LogP contribution in [-0.2, 0) is 11.2 Å². The Hall–Kier alpha value is -2.15. The van der Waals surface area contributed by atoms with Crippen LogP contribution in [0.2, 0.25) is 0 Å². The molecule has 0 fully saturated rings. The number of amides is 2. The molecular weight excluding hydrogens is 264 g/mol. The van der Waals surface area contributed by atoms with Crippen molar-refractivity contribution in [2.75, 3.05) is 11.9 Å². The van der Waals surface area contributed by atoms with E-state index in [1.165, 1.54) is 11.3 Å². The summed E-state index contributed by atoms with van der Waals surface area (Å²) in [6, 6.07) is 5.26. The minimum absolute atomic E-state index is 0.0783. The lowest BCUT2D eigenvalue weighted by Gasteiger charge is -2.03. The minimum Gasteiger partial charge on any atom is -0.342 e. The van der Waals surface area contributed by atoms with Gasteiger partial charge in [-0.3, -0.25) is 14.7 Å². The number of aryl methyl sites for hydroxylation is 1. The predicted molar refractivity (Wildman–Crippen MR) is 73.2 cm³/mol. The number of anilines is 1. The number of nitrogens with zero attached hydrogens (tertiary/aromatic N) is 1. The quantitative estimate of drug-likeness (QED) is 0.772. The smallest absolute Gasteiger partial charge is 0.261 e. The van der Waals surface area contributed by atoms with Gasteiger partial charge in [0.25, 0.3) is 5.91 Å². The third-order valence-electron chi connectivity index (χ3n) is 2.43. The first-order valence-corrected chi connectivity index (χ1v) is 6.73. The lowest BCUT2D eigenvalue weighted by molar-refractivity contribution is -0.115. The van der Waals surface area contributed by atoms with E-state index in [9.17, 15) is 9.59 Å². The van der Waals surface area contributed by atoms with Gasteiger partial charge in [-0.2, -0.15) is 5.10 Å². The number of carbonyl (C=O) groups is 2. The summed E-state index contributed by atoms with van der Waals surface area (Å²) in [6.45, 7) is 1.91. The van der Waals surface area contributed by atoms with Gasteiger partial charge < -0.3 is 10.6 Å². The van der Waals surface area contributed by atoms with Gasteiger partial charge >= 0.3 is 0 Å². The summed E-state index contributed by atoms with van der Waals surface area (Å²) in [5, 5.41) is 13.7. The van der Waals surface area contributed by atoms with Crippen molar-refractivity contribution in [1.82, 2.24) is 15.5 Å². The molecule has 19 heavy (non-hydrogen) atoms. The second-order valence-corrected chi connectivity index (χ2v) is 4.79. The van der Waals surface area contributed by atoms with E-state index in [0.29, 0.717) is 10.7 Å². The summed E-state index contributed by atoms with van der Waals surface area (Å²) in [5.74, 6) is -0.0901. The van der Waals surface area contributed by atoms with Crippen molar-refractivity contribution in [1.29, 1.82) is 0 Å². The van der Waals surface area contributed by atoms with Gasteiger partial charge in [0.2, 0.25) is 5.91 Å². The molecule has 3 N–H and O–H groups in total. The van der Waals surface area contributed by atoms with Crippen LogP contribution in [0, 0.1) is 0 Å². The molecule has 0 aliphatic heterocycles. The van der Waals surface area contributed by atoms with Crippen LogP contribution in [0.25, 0.3) is 0 Å². The second-order valence-electron chi connectivity index (χ2n) is 3.84. The Morgan fingerprint density at radius 3 is 2.95 bits per heavy atom. The fraction of sp³-hybridized carbons (Fsp3) is 0.250. The van der Waals surface area contributed by atoms with Crippen LogP contribution in [-0.4, -0.2) is 28.6 Å². The Kier molecular flexibility index (Phi) is 4.30. The van der Waals surface area contributed by atoms with Crippen molar-refractivity contribution in [3.05, 3.63) is 34.2 Å². The first kappa shape index (κ1) is 13.3. The van der Waals surface area contributed by atoms with Crippen LogP contribution >= 0.6 is 11.3 Å². The molecule has 0 spiro atoms. The van der Waals surface area contributed by atoms with Gasteiger partial charge in [0.15, 0.2) is 5.82 Å². The van der Waals surface area contributed by atoms with Gasteiger partial charge in [0.05, 0.1) is 11.4 Å². The first-order chi connectivity index (χ1) is 9.19. The molecule has 2 heterocycles. The molecular formula is C12H14N4O2S. The topological polar surface area (TPSA) is 86.9 Å². The summed E-state index contributed by atoms with van der Waals surface area (Å²) in [4.78, 5) is 23.8. The van der Waals surface area contributed by atoms with Crippen molar-refractivity contribution in [3.8, 4) is 0 Å². The molecule has 2 aromatic heterocycles. The van der Waals surface area contributed by atoms with E-state index in [1.807, 2.05) is 12.3 Å². The fourth-order valence-corrected chi connectivity index (χ4v) is 2.09. The Morgan fingerprint density at radius 1 is 1.47 bits per heavy atom. The highest BCUT2D eigenvalue weighted by atomic mass is 32.1. The Balaban J connectivity index is 1.80. The number of hydrogen-bond donors (Lipinski definition) is 3. The highest BCUT2D eigenvalue weighted by molar-refractivity contribution is 7.12. The molecule has 2 rings (SSSR count). The number of nitrogens with one attached hydrogen (secondary N) is 3. The summed E-state index contributed by atoms with van der Waals surface area (Å²) < 4.78 is 0. The Labute approximate surface area is 114 Å². The van der Waals surface area contributed by atoms with E-state index in [-0.39, 0.29) is 18.4 Å². The lowest BCUT2D eigenvalue weighted by atomic mass is 10.3. The molecule has 0 unspecified atom stereocenters. The zero-order chi connectivity index (χ0) is 13.7. The van der Waals surface area contributed by atoms with Crippen LogP contribution < -0.4 is 10.6 Å². The van der Waals surface area contributed by atoms with Crippen molar-refractivity contribution < 1.29 is 9.59 Å². The Morgan fingerprint density at radius 2 is 2.32 bits per heavy atom. The van der Waals surface area contributed by atoms with E-state index in [4.69, 9.17) is 0 Å². The SMILES string of the molecule is CCc1cc(NC(=O)CNC(=O)c2cccs2)n[nH]1. The van der Waals surface area contributed by atoms with Crippen LogP contribution in [0.4, 0.5) is 5.82 Å². The second kappa shape index (κ2) is 6.14. The van der Waals surface area contributed by atoms with Gasteiger partial charge in [-0.25, -0.2) is 0 Å². The molecule has 6 nitrogen and oxygen atoms in total. The largest absolute Gasteiger partial charge is 0.342 e. The zero-order valence-corrected chi connectivity index (χ0v) is 11.2. The van der Waals surface area contributed by atoms with Crippen molar-refractivity contribution in [3.63, 3.8) is 0 Å². The van der Waals surface area contributed by atoms with Crippen LogP contribution in [0.3, 0.4) is 0 Å². The van der Waals surface area contributed by atoms with Gasteiger partial charge in [-0.1, -0.05) is 13.0 Å². The maximum Gasteiger partial charge on any atom is 0.261 e. The van der Waals surface area contributed by atoms with Crippen molar-refractivity contribution >= 4 is 29.0 Å². The van der Waals surface area contributed by atoms with Gasteiger partial charge in [0, 0.05) is 11.8 Å². The summed E-state index contributed by atoms with van der Waals surface area (Å²) in [6.07, 6.45) is 0.817. The molecule has 0 atom stereocenters. The number of thiophene rings is 1. The maximum atomic E-state index is 11.6. The van der Waals surface area contributed by atoms with Crippen LogP contribution in [0.1, 0.15) is 22.3 Å². The van der Waals surface area contributed by atoms with Crippen molar-refractivity contribution in [2.24, 2.45) is 0 Å². The van der Waals surface area contributed by atoms with E-state index >= 15 is 0 Å². The number of H-pyrrole nitrogens is 1.